The molecule has 0 saturated carbocycles. The van der Waals surface area contributed by atoms with Crippen LogP contribution in [0.15, 0.2) is 18.2 Å². The van der Waals surface area contributed by atoms with Crippen molar-refractivity contribution in [3.63, 3.8) is 0 Å². The van der Waals surface area contributed by atoms with E-state index in [1.807, 2.05) is 26.8 Å². The summed E-state index contributed by atoms with van der Waals surface area (Å²) in [6, 6.07) is 5.43. The van der Waals surface area contributed by atoms with Crippen LogP contribution in [0.25, 0.3) is 0 Å². The van der Waals surface area contributed by atoms with Gasteiger partial charge in [-0.3, -0.25) is 9.89 Å². The second kappa shape index (κ2) is 5.14. The SMILES string of the molecule is Cc1ccc(N)c(C(=O)NCc2c(C)n[nH]c2C)c1. The molecule has 100 valence electrons. The summed E-state index contributed by atoms with van der Waals surface area (Å²) in [4.78, 5) is 12.1. The number of anilines is 1. The first-order chi connectivity index (χ1) is 8.99. The Labute approximate surface area is 112 Å². The molecule has 4 N–H and O–H groups in total. The van der Waals surface area contributed by atoms with Gasteiger partial charge in [0.2, 0.25) is 0 Å². The number of benzene rings is 1. The molecule has 5 heteroatoms. The quantitative estimate of drug-likeness (QED) is 0.734. The monoisotopic (exact) mass is 258 g/mol. The standard InChI is InChI=1S/C14H18N4O/c1-8-4-5-13(15)11(6-8)14(19)16-7-12-9(2)17-18-10(12)3/h4-6H,7,15H2,1-3H3,(H,16,19)(H,17,18). The highest BCUT2D eigenvalue weighted by Gasteiger charge is 2.12. The Bertz CT molecular complexity index is 596. The lowest BCUT2D eigenvalue weighted by atomic mass is 10.1. The van der Waals surface area contributed by atoms with E-state index in [1.165, 1.54) is 0 Å². The number of hydrogen-bond acceptors (Lipinski definition) is 3. The normalized spacial score (nSPS) is 10.5. The van der Waals surface area contributed by atoms with Crippen molar-refractivity contribution in [1.82, 2.24) is 15.5 Å². The first-order valence-corrected chi connectivity index (χ1v) is 6.14. The van der Waals surface area contributed by atoms with Gasteiger partial charge < -0.3 is 11.1 Å². The van der Waals surface area contributed by atoms with Gasteiger partial charge in [-0.1, -0.05) is 11.6 Å². The largest absolute Gasteiger partial charge is 0.398 e. The van der Waals surface area contributed by atoms with Crippen LogP contribution in [0.5, 0.6) is 0 Å². The number of nitrogens with zero attached hydrogens (tertiary/aromatic N) is 1. The maximum atomic E-state index is 12.1. The molecule has 0 fully saturated rings. The van der Waals surface area contributed by atoms with Gasteiger partial charge in [0.25, 0.3) is 5.91 Å². The van der Waals surface area contributed by atoms with Crippen molar-refractivity contribution in [2.24, 2.45) is 0 Å². The summed E-state index contributed by atoms with van der Waals surface area (Å²) in [6.45, 7) is 6.22. The number of aryl methyl sites for hydroxylation is 3. The molecule has 19 heavy (non-hydrogen) atoms. The summed E-state index contributed by atoms with van der Waals surface area (Å²) in [5.41, 5.74) is 10.7. The molecule has 0 spiro atoms. The van der Waals surface area contributed by atoms with E-state index in [9.17, 15) is 4.79 Å². The van der Waals surface area contributed by atoms with Crippen LogP contribution >= 0.6 is 0 Å². The van der Waals surface area contributed by atoms with Crippen molar-refractivity contribution in [1.29, 1.82) is 0 Å². The predicted octanol–water partition coefficient (Wildman–Crippen LogP) is 1.85. The van der Waals surface area contributed by atoms with Crippen LogP contribution in [-0.2, 0) is 6.54 Å². The molecule has 2 rings (SSSR count). The topological polar surface area (TPSA) is 83.8 Å². The van der Waals surface area contributed by atoms with Crippen molar-refractivity contribution >= 4 is 11.6 Å². The second-order valence-corrected chi connectivity index (χ2v) is 4.69. The molecule has 1 aromatic carbocycles. The lowest BCUT2D eigenvalue weighted by molar-refractivity contribution is 0.0951. The average Bonchev–Trinajstić information content (AvgIpc) is 2.69. The fraction of sp³-hybridized carbons (Fsp3) is 0.286. The Balaban J connectivity index is 2.12. The third kappa shape index (κ3) is 2.76. The summed E-state index contributed by atoms with van der Waals surface area (Å²) in [7, 11) is 0. The Morgan fingerprint density at radius 1 is 1.37 bits per heavy atom. The molecule has 0 saturated heterocycles. The molecule has 1 heterocycles. The molecule has 1 aromatic heterocycles. The van der Waals surface area contributed by atoms with Crippen molar-refractivity contribution in [2.45, 2.75) is 27.3 Å². The summed E-state index contributed by atoms with van der Waals surface area (Å²) >= 11 is 0. The van der Waals surface area contributed by atoms with Gasteiger partial charge in [0.15, 0.2) is 0 Å². The van der Waals surface area contributed by atoms with Crippen LogP contribution in [-0.4, -0.2) is 16.1 Å². The smallest absolute Gasteiger partial charge is 0.253 e. The molecular weight excluding hydrogens is 240 g/mol. The van der Waals surface area contributed by atoms with E-state index < -0.39 is 0 Å². The number of rotatable bonds is 3. The Morgan fingerprint density at radius 3 is 2.74 bits per heavy atom. The van der Waals surface area contributed by atoms with E-state index in [4.69, 9.17) is 5.73 Å². The molecule has 0 aliphatic carbocycles. The molecule has 0 aliphatic rings. The number of H-pyrrole nitrogens is 1. The molecular formula is C14H18N4O. The van der Waals surface area contributed by atoms with Crippen LogP contribution in [0, 0.1) is 20.8 Å². The number of hydrogen-bond donors (Lipinski definition) is 3. The molecule has 0 atom stereocenters. The fourth-order valence-electron chi connectivity index (χ4n) is 1.97. The van der Waals surface area contributed by atoms with Gasteiger partial charge in [0, 0.05) is 23.5 Å². The lowest BCUT2D eigenvalue weighted by Crippen LogP contribution is -2.24. The summed E-state index contributed by atoms with van der Waals surface area (Å²) in [6.07, 6.45) is 0. The average molecular weight is 258 g/mol. The molecule has 1 amide bonds. The van der Waals surface area contributed by atoms with Gasteiger partial charge in [-0.25, -0.2) is 0 Å². The maximum Gasteiger partial charge on any atom is 0.253 e. The highest BCUT2D eigenvalue weighted by Crippen LogP contribution is 2.14. The number of amides is 1. The van der Waals surface area contributed by atoms with Crippen molar-refractivity contribution in [3.05, 3.63) is 46.3 Å². The minimum absolute atomic E-state index is 0.166. The van der Waals surface area contributed by atoms with Gasteiger partial charge in [-0.05, 0) is 32.9 Å². The molecule has 0 unspecified atom stereocenters. The number of nitrogen functional groups attached to an aromatic ring is 1. The first kappa shape index (κ1) is 13.1. The van der Waals surface area contributed by atoms with Crippen molar-refractivity contribution in [2.75, 3.05) is 5.73 Å². The predicted molar refractivity (Wildman–Crippen MR) is 74.8 cm³/mol. The summed E-state index contributed by atoms with van der Waals surface area (Å²) < 4.78 is 0. The number of carbonyl (C=O) groups is 1. The first-order valence-electron chi connectivity index (χ1n) is 6.14. The van der Waals surface area contributed by atoms with Crippen molar-refractivity contribution < 1.29 is 4.79 Å². The van der Waals surface area contributed by atoms with Gasteiger partial charge in [0.1, 0.15) is 0 Å². The van der Waals surface area contributed by atoms with Crippen LogP contribution in [0.3, 0.4) is 0 Å². The Kier molecular flexibility index (Phi) is 3.55. The molecule has 0 aliphatic heterocycles. The van der Waals surface area contributed by atoms with Gasteiger partial charge in [-0.15, -0.1) is 0 Å². The minimum Gasteiger partial charge on any atom is -0.398 e. The molecule has 5 nitrogen and oxygen atoms in total. The van der Waals surface area contributed by atoms with Crippen LogP contribution < -0.4 is 11.1 Å². The minimum atomic E-state index is -0.166. The van der Waals surface area contributed by atoms with Crippen LogP contribution in [0.1, 0.15) is 32.9 Å². The second-order valence-electron chi connectivity index (χ2n) is 4.69. The van der Waals surface area contributed by atoms with E-state index in [0.29, 0.717) is 17.8 Å². The fourth-order valence-corrected chi connectivity index (χ4v) is 1.97. The van der Waals surface area contributed by atoms with Gasteiger partial charge >= 0.3 is 0 Å². The highest BCUT2D eigenvalue weighted by molar-refractivity contribution is 5.99. The number of aromatic amines is 1. The molecule has 0 radical (unpaired) electrons. The van der Waals surface area contributed by atoms with Gasteiger partial charge in [-0.2, -0.15) is 5.10 Å². The number of carbonyl (C=O) groups excluding carboxylic acids is 1. The van der Waals surface area contributed by atoms with E-state index in [-0.39, 0.29) is 5.91 Å². The molecule has 2 aromatic rings. The highest BCUT2D eigenvalue weighted by atomic mass is 16.1. The lowest BCUT2D eigenvalue weighted by Gasteiger charge is -2.08. The molecule has 0 bridgehead atoms. The van der Waals surface area contributed by atoms with Gasteiger partial charge in [0.05, 0.1) is 11.3 Å². The van der Waals surface area contributed by atoms with E-state index in [2.05, 4.69) is 15.5 Å². The third-order valence-electron chi connectivity index (χ3n) is 3.16. The zero-order valence-corrected chi connectivity index (χ0v) is 11.4. The van der Waals surface area contributed by atoms with Crippen LogP contribution in [0.2, 0.25) is 0 Å². The third-order valence-corrected chi connectivity index (χ3v) is 3.16. The number of nitrogens with two attached hydrogens (primary N) is 1. The Hall–Kier alpha value is -2.30. The summed E-state index contributed by atoms with van der Waals surface area (Å²) in [5.74, 6) is -0.166. The van der Waals surface area contributed by atoms with E-state index in [1.54, 1.807) is 12.1 Å². The maximum absolute atomic E-state index is 12.1. The zero-order chi connectivity index (χ0) is 14.0. The Morgan fingerprint density at radius 2 is 2.11 bits per heavy atom. The summed E-state index contributed by atoms with van der Waals surface area (Å²) in [5, 5.41) is 9.86. The number of aromatic nitrogens is 2. The zero-order valence-electron chi connectivity index (χ0n) is 11.4. The number of nitrogens with one attached hydrogen (secondary N) is 2. The van der Waals surface area contributed by atoms with E-state index in [0.717, 1.165) is 22.5 Å². The van der Waals surface area contributed by atoms with E-state index >= 15 is 0 Å². The van der Waals surface area contributed by atoms with Crippen LogP contribution in [0.4, 0.5) is 5.69 Å². The van der Waals surface area contributed by atoms with Crippen molar-refractivity contribution in [3.8, 4) is 0 Å².